The first-order valence-corrected chi connectivity index (χ1v) is 10.6. The number of nitrogens with one attached hydrogen (secondary N) is 1. The van der Waals surface area contributed by atoms with Gasteiger partial charge in [-0.3, -0.25) is 9.69 Å². The standard InChI is InChI=1S/C16H31N3O3S/c1-13-5-4-8-18(12-13)14(2)11-17-16(20)15-6-9-19(10-7-15)23(3,21)22/h13-15H,4-12H2,1-3H3,(H,17,20). The number of carbonyl (C=O) groups is 1. The first-order chi connectivity index (χ1) is 10.8. The molecule has 2 rings (SSSR count). The average molecular weight is 346 g/mol. The zero-order chi connectivity index (χ0) is 17.0. The average Bonchev–Trinajstić information content (AvgIpc) is 2.51. The molecule has 1 N–H and O–H groups in total. The number of nitrogens with zero attached hydrogens (tertiary/aromatic N) is 2. The summed E-state index contributed by atoms with van der Waals surface area (Å²) in [6.45, 7) is 8.28. The number of hydrogen-bond acceptors (Lipinski definition) is 4. The molecule has 0 aromatic rings. The highest BCUT2D eigenvalue weighted by Gasteiger charge is 2.29. The van der Waals surface area contributed by atoms with E-state index in [1.54, 1.807) is 0 Å². The van der Waals surface area contributed by atoms with Crippen molar-refractivity contribution in [1.29, 1.82) is 0 Å². The fourth-order valence-electron chi connectivity index (χ4n) is 3.60. The molecular formula is C16H31N3O3S. The number of likely N-dealkylation sites (tertiary alicyclic amines) is 1. The molecule has 2 aliphatic heterocycles. The van der Waals surface area contributed by atoms with Gasteiger partial charge in [-0.2, -0.15) is 0 Å². The Morgan fingerprint density at radius 2 is 1.87 bits per heavy atom. The summed E-state index contributed by atoms with van der Waals surface area (Å²) in [6, 6.07) is 0.359. The van der Waals surface area contributed by atoms with Crippen molar-refractivity contribution >= 4 is 15.9 Å². The lowest BCUT2D eigenvalue weighted by Gasteiger charge is -2.36. The number of rotatable bonds is 5. The van der Waals surface area contributed by atoms with Gasteiger partial charge in [0.05, 0.1) is 6.26 Å². The maximum Gasteiger partial charge on any atom is 0.223 e. The summed E-state index contributed by atoms with van der Waals surface area (Å²) in [5, 5.41) is 3.07. The van der Waals surface area contributed by atoms with Crippen molar-refractivity contribution in [3.05, 3.63) is 0 Å². The molecule has 0 saturated carbocycles. The van der Waals surface area contributed by atoms with Crippen LogP contribution in [0.4, 0.5) is 0 Å². The van der Waals surface area contributed by atoms with Crippen LogP contribution in [0.2, 0.25) is 0 Å². The highest BCUT2D eigenvalue weighted by Crippen LogP contribution is 2.20. The van der Waals surface area contributed by atoms with Crippen LogP contribution < -0.4 is 5.32 Å². The van der Waals surface area contributed by atoms with Crippen molar-refractivity contribution in [3.63, 3.8) is 0 Å². The molecule has 1 amide bonds. The lowest BCUT2D eigenvalue weighted by Crippen LogP contribution is -2.48. The molecule has 2 heterocycles. The molecule has 0 aliphatic carbocycles. The Morgan fingerprint density at radius 1 is 1.22 bits per heavy atom. The van der Waals surface area contributed by atoms with Gasteiger partial charge in [0.25, 0.3) is 0 Å². The van der Waals surface area contributed by atoms with Gasteiger partial charge in [0, 0.05) is 38.1 Å². The van der Waals surface area contributed by atoms with Gasteiger partial charge in [-0.05, 0) is 45.1 Å². The number of carbonyl (C=O) groups excluding carboxylic acids is 1. The normalized spacial score (nSPS) is 26.8. The minimum atomic E-state index is -3.13. The third-order valence-electron chi connectivity index (χ3n) is 5.18. The molecule has 2 atom stereocenters. The van der Waals surface area contributed by atoms with Crippen LogP contribution in [0.15, 0.2) is 0 Å². The molecule has 0 aromatic heterocycles. The van der Waals surface area contributed by atoms with Gasteiger partial charge in [0.15, 0.2) is 0 Å². The van der Waals surface area contributed by atoms with Crippen molar-refractivity contribution in [1.82, 2.24) is 14.5 Å². The van der Waals surface area contributed by atoms with E-state index in [1.165, 1.54) is 23.4 Å². The first kappa shape index (κ1) is 18.7. The number of piperidine rings is 2. The van der Waals surface area contributed by atoms with Gasteiger partial charge < -0.3 is 5.32 Å². The highest BCUT2D eigenvalue weighted by molar-refractivity contribution is 7.88. The quantitative estimate of drug-likeness (QED) is 0.804. The van der Waals surface area contributed by atoms with Crippen LogP contribution in [0.25, 0.3) is 0 Å². The van der Waals surface area contributed by atoms with Crippen molar-refractivity contribution in [2.24, 2.45) is 11.8 Å². The number of sulfonamides is 1. The van der Waals surface area contributed by atoms with Crippen LogP contribution in [0, 0.1) is 11.8 Å². The third-order valence-corrected chi connectivity index (χ3v) is 6.48. The van der Waals surface area contributed by atoms with Gasteiger partial charge in [0.2, 0.25) is 15.9 Å². The minimum Gasteiger partial charge on any atom is -0.354 e. The summed E-state index contributed by atoms with van der Waals surface area (Å²) in [7, 11) is -3.13. The first-order valence-electron chi connectivity index (χ1n) is 8.74. The van der Waals surface area contributed by atoms with Crippen LogP contribution in [0.5, 0.6) is 0 Å². The number of hydrogen-bond donors (Lipinski definition) is 1. The SMILES string of the molecule is CC1CCCN(C(C)CNC(=O)C2CCN(S(C)(=O)=O)CC2)C1. The lowest BCUT2D eigenvalue weighted by molar-refractivity contribution is -0.126. The summed E-state index contributed by atoms with van der Waals surface area (Å²) in [4.78, 5) is 14.8. The monoisotopic (exact) mass is 345 g/mol. The van der Waals surface area contributed by atoms with Crippen LogP contribution >= 0.6 is 0 Å². The predicted octanol–water partition coefficient (Wildman–Crippen LogP) is 0.895. The smallest absolute Gasteiger partial charge is 0.223 e. The Morgan fingerprint density at radius 3 is 2.43 bits per heavy atom. The second-order valence-electron chi connectivity index (χ2n) is 7.27. The van der Waals surface area contributed by atoms with E-state index >= 15 is 0 Å². The van der Waals surface area contributed by atoms with E-state index in [0.29, 0.717) is 38.5 Å². The van der Waals surface area contributed by atoms with E-state index in [9.17, 15) is 13.2 Å². The maximum atomic E-state index is 12.3. The zero-order valence-corrected chi connectivity index (χ0v) is 15.4. The summed E-state index contributed by atoms with van der Waals surface area (Å²) < 4.78 is 24.5. The highest BCUT2D eigenvalue weighted by atomic mass is 32.2. The minimum absolute atomic E-state index is 0.0551. The molecule has 2 fully saturated rings. The van der Waals surface area contributed by atoms with E-state index < -0.39 is 10.0 Å². The van der Waals surface area contributed by atoms with E-state index in [2.05, 4.69) is 24.1 Å². The molecule has 0 aromatic carbocycles. The van der Waals surface area contributed by atoms with Gasteiger partial charge in [-0.1, -0.05) is 6.92 Å². The topological polar surface area (TPSA) is 69.7 Å². The Hall–Kier alpha value is -0.660. The molecule has 134 valence electrons. The second-order valence-corrected chi connectivity index (χ2v) is 9.26. The largest absolute Gasteiger partial charge is 0.354 e. The van der Waals surface area contributed by atoms with Crippen molar-refractivity contribution in [3.8, 4) is 0 Å². The summed E-state index contributed by atoms with van der Waals surface area (Å²) in [5.74, 6) is 0.762. The molecule has 2 unspecified atom stereocenters. The maximum absolute atomic E-state index is 12.3. The van der Waals surface area contributed by atoms with E-state index in [-0.39, 0.29) is 11.8 Å². The van der Waals surface area contributed by atoms with Crippen LogP contribution in [-0.4, -0.2) is 68.6 Å². The summed E-state index contributed by atoms with van der Waals surface area (Å²) in [5.41, 5.74) is 0. The van der Waals surface area contributed by atoms with E-state index in [4.69, 9.17) is 0 Å². The third kappa shape index (κ3) is 5.43. The molecule has 0 spiro atoms. The Balaban J connectivity index is 1.73. The van der Waals surface area contributed by atoms with Gasteiger partial charge in [0.1, 0.15) is 0 Å². The Bertz CT molecular complexity index is 501. The molecule has 6 nitrogen and oxygen atoms in total. The summed E-state index contributed by atoms with van der Waals surface area (Å²) in [6.07, 6.45) is 5.01. The van der Waals surface area contributed by atoms with Crippen molar-refractivity contribution in [2.75, 3.05) is 39.0 Å². The molecular weight excluding hydrogens is 314 g/mol. The van der Waals surface area contributed by atoms with Crippen LogP contribution in [0.1, 0.15) is 39.5 Å². The van der Waals surface area contributed by atoms with Crippen LogP contribution in [0.3, 0.4) is 0 Å². The number of amides is 1. The van der Waals surface area contributed by atoms with E-state index in [0.717, 1.165) is 19.0 Å². The Labute approximate surface area is 140 Å². The molecule has 23 heavy (non-hydrogen) atoms. The van der Waals surface area contributed by atoms with Gasteiger partial charge in [-0.15, -0.1) is 0 Å². The predicted molar refractivity (Wildman–Crippen MR) is 91.6 cm³/mol. The summed E-state index contributed by atoms with van der Waals surface area (Å²) >= 11 is 0. The lowest BCUT2D eigenvalue weighted by atomic mass is 9.97. The molecule has 2 aliphatic rings. The molecule has 7 heteroatoms. The van der Waals surface area contributed by atoms with Gasteiger partial charge >= 0.3 is 0 Å². The Kier molecular flexibility index (Phi) is 6.45. The van der Waals surface area contributed by atoms with Crippen molar-refractivity contribution < 1.29 is 13.2 Å². The fourth-order valence-corrected chi connectivity index (χ4v) is 4.47. The van der Waals surface area contributed by atoms with Crippen molar-refractivity contribution in [2.45, 2.75) is 45.6 Å². The fraction of sp³-hybridized carbons (Fsp3) is 0.938. The molecule has 2 saturated heterocycles. The molecule has 0 bridgehead atoms. The second kappa shape index (κ2) is 7.94. The van der Waals surface area contributed by atoms with Gasteiger partial charge in [-0.25, -0.2) is 12.7 Å². The zero-order valence-electron chi connectivity index (χ0n) is 14.6. The van der Waals surface area contributed by atoms with Crippen LogP contribution in [-0.2, 0) is 14.8 Å². The van der Waals surface area contributed by atoms with E-state index in [1.807, 2.05) is 0 Å². The molecule has 0 radical (unpaired) electrons.